The summed E-state index contributed by atoms with van der Waals surface area (Å²) in [7, 11) is 0. The van der Waals surface area contributed by atoms with Crippen molar-refractivity contribution < 1.29 is 9.53 Å². The van der Waals surface area contributed by atoms with Crippen molar-refractivity contribution in [3.05, 3.63) is 64.7 Å². The molecule has 0 aliphatic carbocycles. The Morgan fingerprint density at radius 3 is 2.34 bits per heavy atom. The fourth-order valence-electron chi connectivity index (χ4n) is 4.03. The molecule has 1 atom stereocenters. The van der Waals surface area contributed by atoms with Gasteiger partial charge in [-0.3, -0.25) is 9.69 Å². The second-order valence-corrected chi connectivity index (χ2v) is 8.16. The number of likely N-dealkylation sites (tertiary alicyclic amines) is 1. The third-order valence-corrected chi connectivity index (χ3v) is 5.55. The predicted molar refractivity (Wildman–Crippen MR) is 118 cm³/mol. The van der Waals surface area contributed by atoms with Gasteiger partial charge in [-0.2, -0.15) is 0 Å². The van der Waals surface area contributed by atoms with E-state index in [0.717, 1.165) is 23.4 Å². The van der Waals surface area contributed by atoms with Crippen molar-refractivity contribution in [3.63, 3.8) is 0 Å². The monoisotopic (exact) mass is 394 g/mol. The van der Waals surface area contributed by atoms with Gasteiger partial charge in [-0.1, -0.05) is 43.7 Å². The number of benzene rings is 2. The molecule has 1 aliphatic rings. The molecule has 1 heterocycles. The van der Waals surface area contributed by atoms with E-state index in [1.807, 2.05) is 39.0 Å². The minimum Gasteiger partial charge on any atom is -0.481 e. The molecule has 1 saturated heterocycles. The third-order valence-electron chi connectivity index (χ3n) is 5.55. The molecule has 0 aromatic heterocycles. The molecule has 156 valence electrons. The molecule has 1 aliphatic heterocycles. The van der Waals surface area contributed by atoms with Crippen molar-refractivity contribution in [2.24, 2.45) is 0 Å². The summed E-state index contributed by atoms with van der Waals surface area (Å²) in [5.41, 5.74) is 4.77. The van der Waals surface area contributed by atoms with E-state index < -0.39 is 6.10 Å². The predicted octanol–water partition coefficient (Wildman–Crippen LogP) is 4.76. The molecule has 1 amide bonds. The lowest BCUT2D eigenvalue weighted by Crippen LogP contribution is -2.38. The highest BCUT2D eigenvalue weighted by Crippen LogP contribution is 2.19. The molecular weight excluding hydrogens is 360 g/mol. The molecular formula is C25H34N2O2. The van der Waals surface area contributed by atoms with Gasteiger partial charge in [0.05, 0.1) is 0 Å². The fraction of sp³-hybridized carbons (Fsp3) is 0.480. The van der Waals surface area contributed by atoms with E-state index in [0.29, 0.717) is 13.0 Å². The molecule has 29 heavy (non-hydrogen) atoms. The topological polar surface area (TPSA) is 41.6 Å². The van der Waals surface area contributed by atoms with Crippen molar-refractivity contribution in [1.82, 2.24) is 10.2 Å². The normalized spacial score (nSPS) is 15.7. The zero-order valence-corrected chi connectivity index (χ0v) is 18.0. The number of hydrogen-bond donors (Lipinski definition) is 1. The Morgan fingerprint density at radius 2 is 1.69 bits per heavy atom. The Balaban J connectivity index is 1.60. The van der Waals surface area contributed by atoms with Crippen LogP contribution in [-0.4, -0.2) is 30.0 Å². The number of aryl methyl sites for hydroxylation is 2. The number of nitrogens with zero attached hydrogens (tertiary/aromatic N) is 1. The summed E-state index contributed by atoms with van der Waals surface area (Å²) in [6.07, 6.45) is 4.06. The summed E-state index contributed by atoms with van der Waals surface area (Å²) < 4.78 is 6.01. The Bertz CT molecular complexity index is 792. The first-order valence-corrected chi connectivity index (χ1v) is 10.9. The molecule has 2 aromatic carbocycles. The van der Waals surface area contributed by atoms with Crippen LogP contribution in [0.5, 0.6) is 5.75 Å². The van der Waals surface area contributed by atoms with Gasteiger partial charge in [-0.25, -0.2) is 0 Å². The maximum atomic E-state index is 12.8. The van der Waals surface area contributed by atoms with Crippen LogP contribution >= 0.6 is 0 Å². The standard InChI is InChI=1S/C25H34N2O2/c1-4-24(29-23-15-19(2)14-20(3)16-23)25(28)26-17-21-10-6-7-11-22(21)18-27-12-8-5-9-13-27/h6-7,10-11,14-16,24H,4-5,8-9,12-13,17-18H2,1-3H3,(H,26,28)/t24-/m1/s1. The van der Waals surface area contributed by atoms with Gasteiger partial charge in [0, 0.05) is 13.1 Å². The first-order valence-electron chi connectivity index (χ1n) is 10.9. The maximum absolute atomic E-state index is 12.8. The van der Waals surface area contributed by atoms with E-state index in [-0.39, 0.29) is 5.91 Å². The molecule has 2 aromatic rings. The van der Waals surface area contributed by atoms with E-state index >= 15 is 0 Å². The molecule has 4 heteroatoms. The van der Waals surface area contributed by atoms with Crippen LogP contribution in [0, 0.1) is 13.8 Å². The number of carbonyl (C=O) groups excluding carboxylic acids is 1. The quantitative estimate of drug-likeness (QED) is 0.702. The highest BCUT2D eigenvalue weighted by Gasteiger charge is 2.19. The summed E-state index contributed by atoms with van der Waals surface area (Å²) >= 11 is 0. The minimum atomic E-state index is -0.481. The van der Waals surface area contributed by atoms with E-state index in [1.165, 1.54) is 43.5 Å². The Hall–Kier alpha value is -2.33. The number of ether oxygens (including phenoxy) is 1. The molecule has 0 saturated carbocycles. The zero-order valence-electron chi connectivity index (χ0n) is 18.0. The molecule has 3 rings (SSSR count). The van der Waals surface area contributed by atoms with E-state index in [9.17, 15) is 4.79 Å². The van der Waals surface area contributed by atoms with Crippen molar-refractivity contribution in [3.8, 4) is 5.75 Å². The first kappa shape index (κ1) is 21.4. The first-order chi connectivity index (χ1) is 14.0. The van der Waals surface area contributed by atoms with Crippen LogP contribution in [0.3, 0.4) is 0 Å². The van der Waals surface area contributed by atoms with Gasteiger partial charge in [-0.15, -0.1) is 0 Å². The number of rotatable bonds is 8. The molecule has 0 unspecified atom stereocenters. The van der Waals surface area contributed by atoms with Gasteiger partial charge in [0.15, 0.2) is 6.10 Å². The average molecular weight is 395 g/mol. The summed E-state index contributed by atoms with van der Waals surface area (Å²) in [5, 5.41) is 3.09. The van der Waals surface area contributed by atoms with Crippen molar-refractivity contribution in [2.45, 2.75) is 65.6 Å². The van der Waals surface area contributed by atoms with E-state index in [4.69, 9.17) is 4.74 Å². The summed E-state index contributed by atoms with van der Waals surface area (Å²) in [5.74, 6) is 0.703. The maximum Gasteiger partial charge on any atom is 0.261 e. The van der Waals surface area contributed by atoms with Gasteiger partial charge in [0.2, 0.25) is 0 Å². The lowest BCUT2D eigenvalue weighted by atomic mass is 10.0. The highest BCUT2D eigenvalue weighted by atomic mass is 16.5. The lowest BCUT2D eigenvalue weighted by molar-refractivity contribution is -0.128. The molecule has 1 N–H and O–H groups in total. The smallest absolute Gasteiger partial charge is 0.261 e. The van der Waals surface area contributed by atoms with Crippen LogP contribution in [0.25, 0.3) is 0 Å². The van der Waals surface area contributed by atoms with Crippen molar-refractivity contribution >= 4 is 5.91 Å². The summed E-state index contributed by atoms with van der Waals surface area (Å²) in [6, 6.07) is 14.5. The number of amides is 1. The summed E-state index contributed by atoms with van der Waals surface area (Å²) in [4.78, 5) is 15.3. The fourth-order valence-corrected chi connectivity index (χ4v) is 4.03. The van der Waals surface area contributed by atoms with Crippen LogP contribution in [0.4, 0.5) is 0 Å². The highest BCUT2D eigenvalue weighted by molar-refractivity contribution is 5.81. The van der Waals surface area contributed by atoms with Crippen LogP contribution in [0.1, 0.15) is 54.9 Å². The van der Waals surface area contributed by atoms with Crippen molar-refractivity contribution in [1.29, 1.82) is 0 Å². The van der Waals surface area contributed by atoms with Crippen LogP contribution < -0.4 is 10.1 Å². The van der Waals surface area contributed by atoms with Crippen LogP contribution in [0.2, 0.25) is 0 Å². The lowest BCUT2D eigenvalue weighted by Gasteiger charge is -2.27. The second kappa shape index (κ2) is 10.4. The SMILES string of the molecule is CC[C@@H](Oc1cc(C)cc(C)c1)C(=O)NCc1ccccc1CN1CCCCC1. The molecule has 0 radical (unpaired) electrons. The molecule has 1 fully saturated rings. The van der Waals surface area contributed by atoms with Gasteiger partial charge < -0.3 is 10.1 Å². The summed E-state index contributed by atoms with van der Waals surface area (Å²) in [6.45, 7) is 9.90. The number of nitrogens with one attached hydrogen (secondary N) is 1. The van der Waals surface area contributed by atoms with Crippen LogP contribution in [-0.2, 0) is 17.9 Å². The van der Waals surface area contributed by atoms with Gasteiger partial charge >= 0.3 is 0 Å². The number of carbonyl (C=O) groups is 1. The van der Waals surface area contributed by atoms with Gasteiger partial charge in [-0.05, 0) is 80.6 Å². The van der Waals surface area contributed by atoms with E-state index in [2.05, 4.69) is 34.5 Å². The Morgan fingerprint density at radius 1 is 1.03 bits per heavy atom. The number of piperidine rings is 1. The number of hydrogen-bond acceptors (Lipinski definition) is 3. The van der Waals surface area contributed by atoms with Gasteiger partial charge in [0.1, 0.15) is 5.75 Å². The second-order valence-electron chi connectivity index (χ2n) is 8.16. The van der Waals surface area contributed by atoms with E-state index in [1.54, 1.807) is 0 Å². The Kier molecular flexibility index (Phi) is 7.70. The Labute approximate surface area is 175 Å². The third kappa shape index (κ3) is 6.33. The molecule has 0 spiro atoms. The average Bonchev–Trinajstić information content (AvgIpc) is 2.71. The largest absolute Gasteiger partial charge is 0.481 e. The van der Waals surface area contributed by atoms with Crippen molar-refractivity contribution in [2.75, 3.05) is 13.1 Å². The molecule has 0 bridgehead atoms. The minimum absolute atomic E-state index is 0.0561. The van der Waals surface area contributed by atoms with Crippen LogP contribution in [0.15, 0.2) is 42.5 Å². The molecule has 4 nitrogen and oxygen atoms in total. The van der Waals surface area contributed by atoms with Gasteiger partial charge in [0.25, 0.3) is 5.91 Å². The zero-order chi connectivity index (χ0) is 20.6.